The van der Waals surface area contributed by atoms with Crippen molar-refractivity contribution in [2.45, 2.75) is 13.8 Å². The zero-order chi connectivity index (χ0) is 22.0. The van der Waals surface area contributed by atoms with Crippen LogP contribution in [0.2, 0.25) is 0 Å². The van der Waals surface area contributed by atoms with Crippen LogP contribution in [0.25, 0.3) is 33.4 Å². The van der Waals surface area contributed by atoms with Crippen LogP contribution in [0.5, 0.6) is 0 Å². The number of carbonyl (C=O) groups is 2. The fraction of sp³-hybridized carbons (Fsp3) is 0.0667. The predicted octanol–water partition coefficient (Wildman–Crippen LogP) is 7.06. The van der Waals surface area contributed by atoms with E-state index in [0.717, 1.165) is 44.5 Å². The number of hydrogen-bond donors (Lipinski definition) is 0. The number of Topliss-reactive ketones (excluding diaryl/α,β-unsaturated/α-hetero) is 2. The number of ketones is 2. The normalized spacial score (nSPS) is 15.1. The maximum Gasteiger partial charge on any atom is 0.159 e. The quantitative estimate of drug-likeness (QED) is 0.285. The first-order chi connectivity index (χ1) is 15.5. The average Bonchev–Trinajstić information content (AvgIpc) is 3.30. The Labute approximate surface area is 186 Å². The zero-order valence-electron chi connectivity index (χ0n) is 17.9. The Morgan fingerprint density at radius 1 is 0.438 bits per heavy atom. The van der Waals surface area contributed by atoms with E-state index in [1.165, 1.54) is 11.1 Å². The van der Waals surface area contributed by atoms with Crippen LogP contribution in [0.1, 0.15) is 56.8 Å². The van der Waals surface area contributed by atoms with Crippen LogP contribution in [0.3, 0.4) is 0 Å². The van der Waals surface area contributed by atoms with E-state index in [4.69, 9.17) is 0 Å². The smallest absolute Gasteiger partial charge is 0.159 e. The second kappa shape index (κ2) is 6.73. The summed E-state index contributed by atoms with van der Waals surface area (Å²) in [7, 11) is 0. The molecule has 0 fully saturated rings. The van der Waals surface area contributed by atoms with Gasteiger partial charge in [0, 0.05) is 11.1 Å². The minimum Gasteiger partial charge on any atom is -0.295 e. The van der Waals surface area contributed by atoms with E-state index in [0.29, 0.717) is 11.1 Å². The molecule has 0 spiro atoms. The van der Waals surface area contributed by atoms with Crippen molar-refractivity contribution in [3.05, 3.63) is 118 Å². The number of rotatable bonds is 2. The third kappa shape index (κ3) is 2.53. The summed E-state index contributed by atoms with van der Waals surface area (Å²) in [5, 5.41) is 0. The lowest BCUT2D eigenvalue weighted by Gasteiger charge is -2.12. The van der Waals surface area contributed by atoms with Gasteiger partial charge in [0.05, 0.1) is 0 Å². The van der Waals surface area contributed by atoms with E-state index < -0.39 is 0 Å². The molecule has 2 aliphatic rings. The predicted molar refractivity (Wildman–Crippen MR) is 129 cm³/mol. The first kappa shape index (κ1) is 18.7. The second-order valence-electron chi connectivity index (χ2n) is 8.47. The molecule has 152 valence electrons. The van der Waals surface area contributed by atoms with Crippen molar-refractivity contribution in [1.29, 1.82) is 0 Å². The van der Waals surface area contributed by atoms with Crippen molar-refractivity contribution >= 4 is 22.7 Å². The largest absolute Gasteiger partial charge is 0.295 e. The number of hydrogen-bond acceptors (Lipinski definition) is 2. The summed E-state index contributed by atoms with van der Waals surface area (Å²) in [6, 6.07) is 28.8. The molecule has 4 aromatic rings. The third-order valence-electron chi connectivity index (χ3n) is 6.61. The van der Waals surface area contributed by atoms with Crippen LogP contribution in [0.4, 0.5) is 0 Å². The summed E-state index contributed by atoms with van der Waals surface area (Å²) >= 11 is 0. The maximum atomic E-state index is 12.2. The van der Waals surface area contributed by atoms with Crippen molar-refractivity contribution in [3.8, 4) is 22.3 Å². The van der Waals surface area contributed by atoms with Gasteiger partial charge in [-0.2, -0.15) is 0 Å². The molecule has 0 aromatic heterocycles. The molecule has 0 saturated carbocycles. The SMILES string of the molecule is CC(=O)c1ccc2c(c1)/C(=C1/c3ccccc3-c3ccc(C(C)=O)cc31)c1ccccc1-2. The fourth-order valence-electron chi connectivity index (χ4n) is 5.11. The summed E-state index contributed by atoms with van der Waals surface area (Å²) in [4.78, 5) is 24.4. The van der Waals surface area contributed by atoms with Gasteiger partial charge < -0.3 is 0 Å². The molecular formula is C30H20O2. The molecule has 0 radical (unpaired) electrons. The maximum absolute atomic E-state index is 12.2. The van der Waals surface area contributed by atoms with E-state index in [9.17, 15) is 9.59 Å². The molecule has 4 aromatic carbocycles. The molecule has 2 aliphatic carbocycles. The van der Waals surface area contributed by atoms with Gasteiger partial charge in [0.25, 0.3) is 0 Å². The third-order valence-corrected chi connectivity index (χ3v) is 6.61. The van der Waals surface area contributed by atoms with Gasteiger partial charge in [-0.25, -0.2) is 0 Å². The van der Waals surface area contributed by atoms with Gasteiger partial charge in [-0.15, -0.1) is 0 Å². The van der Waals surface area contributed by atoms with Gasteiger partial charge in [-0.3, -0.25) is 9.59 Å². The van der Waals surface area contributed by atoms with Crippen LogP contribution in [-0.4, -0.2) is 11.6 Å². The molecule has 6 rings (SSSR count). The van der Waals surface area contributed by atoms with Gasteiger partial charge in [-0.1, -0.05) is 72.8 Å². The molecule has 0 atom stereocenters. The van der Waals surface area contributed by atoms with Crippen LogP contribution in [0.15, 0.2) is 84.9 Å². The van der Waals surface area contributed by atoms with Crippen LogP contribution >= 0.6 is 0 Å². The highest BCUT2D eigenvalue weighted by atomic mass is 16.1. The Morgan fingerprint density at radius 3 is 1.16 bits per heavy atom. The molecule has 0 saturated heterocycles. The van der Waals surface area contributed by atoms with Crippen LogP contribution in [0, 0.1) is 0 Å². The van der Waals surface area contributed by atoms with Crippen LogP contribution in [-0.2, 0) is 0 Å². The zero-order valence-corrected chi connectivity index (χ0v) is 17.9. The minimum absolute atomic E-state index is 0.0548. The van der Waals surface area contributed by atoms with E-state index in [1.807, 2.05) is 24.3 Å². The Morgan fingerprint density at radius 2 is 0.781 bits per heavy atom. The topological polar surface area (TPSA) is 34.1 Å². The molecule has 32 heavy (non-hydrogen) atoms. The van der Waals surface area contributed by atoms with Crippen molar-refractivity contribution in [1.82, 2.24) is 0 Å². The van der Waals surface area contributed by atoms with Gasteiger partial charge in [0.15, 0.2) is 11.6 Å². The average molecular weight is 412 g/mol. The Kier molecular flexibility index (Phi) is 3.93. The molecule has 0 amide bonds. The molecule has 2 nitrogen and oxygen atoms in total. The van der Waals surface area contributed by atoms with E-state index >= 15 is 0 Å². The van der Waals surface area contributed by atoms with Crippen LogP contribution < -0.4 is 0 Å². The number of benzene rings is 4. The monoisotopic (exact) mass is 412 g/mol. The molecule has 0 unspecified atom stereocenters. The van der Waals surface area contributed by atoms with E-state index in [-0.39, 0.29) is 11.6 Å². The molecule has 0 heterocycles. The number of carbonyl (C=O) groups excluding carboxylic acids is 2. The van der Waals surface area contributed by atoms with E-state index in [1.54, 1.807) is 13.8 Å². The highest BCUT2D eigenvalue weighted by Gasteiger charge is 2.32. The molecular weight excluding hydrogens is 392 g/mol. The van der Waals surface area contributed by atoms with Crippen molar-refractivity contribution in [3.63, 3.8) is 0 Å². The first-order valence-corrected chi connectivity index (χ1v) is 10.8. The summed E-state index contributed by atoms with van der Waals surface area (Å²) < 4.78 is 0. The van der Waals surface area contributed by atoms with Crippen molar-refractivity contribution < 1.29 is 9.59 Å². The van der Waals surface area contributed by atoms with Gasteiger partial charge in [0.1, 0.15) is 0 Å². The molecule has 0 aliphatic heterocycles. The summed E-state index contributed by atoms with van der Waals surface area (Å²) in [5.74, 6) is 0.110. The highest BCUT2D eigenvalue weighted by Crippen LogP contribution is 2.54. The highest BCUT2D eigenvalue weighted by molar-refractivity contribution is 6.19. The molecule has 0 bridgehead atoms. The van der Waals surface area contributed by atoms with Crippen molar-refractivity contribution in [2.24, 2.45) is 0 Å². The molecule has 2 heteroatoms. The van der Waals surface area contributed by atoms with Crippen molar-refractivity contribution in [2.75, 3.05) is 0 Å². The van der Waals surface area contributed by atoms with Gasteiger partial charge in [-0.05, 0) is 81.6 Å². The summed E-state index contributed by atoms with van der Waals surface area (Å²) in [6.45, 7) is 3.21. The fourth-order valence-corrected chi connectivity index (χ4v) is 5.11. The Hall–Kier alpha value is -4.04. The summed E-state index contributed by atoms with van der Waals surface area (Å²) in [5.41, 5.74) is 12.8. The number of fused-ring (bicyclic) bond motifs is 6. The minimum atomic E-state index is 0.0548. The lowest BCUT2D eigenvalue weighted by atomic mass is 9.90. The second-order valence-corrected chi connectivity index (χ2v) is 8.47. The lowest BCUT2D eigenvalue weighted by Crippen LogP contribution is -1.96. The Bertz CT molecular complexity index is 1400. The van der Waals surface area contributed by atoms with E-state index in [2.05, 4.69) is 60.7 Å². The molecule has 0 N–H and O–H groups in total. The summed E-state index contributed by atoms with van der Waals surface area (Å²) in [6.07, 6.45) is 0. The van der Waals surface area contributed by atoms with Gasteiger partial charge >= 0.3 is 0 Å². The Balaban J connectivity index is 1.78. The lowest BCUT2D eigenvalue weighted by molar-refractivity contribution is 0.100. The first-order valence-electron chi connectivity index (χ1n) is 10.8. The standard InChI is InChI=1S/C30H20O2/c1-17(31)19-11-13-23-21-7-3-5-9-25(21)29(27(23)15-19)30-26-10-6-4-8-22(26)24-14-12-20(18(2)32)16-28(24)30/h3-16H,1-2H3/b30-29-. The van der Waals surface area contributed by atoms with Gasteiger partial charge in [0.2, 0.25) is 0 Å².